The van der Waals surface area contributed by atoms with Crippen LogP contribution in [-0.4, -0.2) is 17.6 Å². The van der Waals surface area contributed by atoms with Gasteiger partial charge in [0.15, 0.2) is 5.78 Å². The molecule has 0 saturated carbocycles. The lowest BCUT2D eigenvalue weighted by Gasteiger charge is -2.07. The lowest BCUT2D eigenvalue weighted by atomic mass is 10.1. The largest absolute Gasteiger partial charge is 0.326 e. The van der Waals surface area contributed by atoms with E-state index < -0.39 is 0 Å². The van der Waals surface area contributed by atoms with Crippen molar-refractivity contribution in [3.63, 3.8) is 0 Å². The number of carbonyl (C=O) groups excluding carboxylic acids is 3. The summed E-state index contributed by atoms with van der Waals surface area (Å²) >= 11 is 1.58. The van der Waals surface area contributed by atoms with Crippen molar-refractivity contribution in [1.29, 1.82) is 0 Å². The zero-order valence-electron chi connectivity index (χ0n) is 13.9. The molecule has 1 aromatic heterocycles. The molecule has 0 bridgehead atoms. The zero-order valence-corrected chi connectivity index (χ0v) is 14.8. The number of aryl methyl sites for hydroxylation is 2. The van der Waals surface area contributed by atoms with E-state index in [1.54, 1.807) is 35.6 Å². The van der Waals surface area contributed by atoms with Crippen LogP contribution in [0.25, 0.3) is 0 Å². The van der Waals surface area contributed by atoms with Crippen LogP contribution in [0.3, 0.4) is 0 Å². The lowest BCUT2D eigenvalue weighted by molar-refractivity contribution is -0.116. The van der Waals surface area contributed by atoms with Gasteiger partial charge >= 0.3 is 0 Å². The number of hydrogen-bond acceptors (Lipinski definition) is 4. The van der Waals surface area contributed by atoms with Gasteiger partial charge in [-0.1, -0.05) is 6.07 Å². The van der Waals surface area contributed by atoms with Gasteiger partial charge in [-0.15, -0.1) is 11.3 Å². The third-order valence-electron chi connectivity index (χ3n) is 3.39. The molecule has 1 heterocycles. The maximum atomic E-state index is 12.2. The number of rotatable bonds is 6. The third kappa shape index (κ3) is 5.03. The van der Waals surface area contributed by atoms with E-state index in [2.05, 4.69) is 10.6 Å². The van der Waals surface area contributed by atoms with E-state index in [1.165, 1.54) is 6.92 Å². The number of amides is 2. The number of benzene rings is 1. The van der Waals surface area contributed by atoms with Crippen LogP contribution in [0, 0.1) is 13.8 Å². The Morgan fingerprint density at radius 3 is 2.25 bits per heavy atom. The molecular weight excluding hydrogens is 324 g/mol. The van der Waals surface area contributed by atoms with Gasteiger partial charge in [-0.2, -0.15) is 0 Å². The molecule has 2 rings (SSSR count). The molecule has 0 spiro atoms. The molecule has 126 valence electrons. The summed E-state index contributed by atoms with van der Waals surface area (Å²) < 4.78 is 0. The van der Waals surface area contributed by atoms with Crippen molar-refractivity contribution in [2.24, 2.45) is 0 Å². The Morgan fingerprint density at radius 1 is 1.00 bits per heavy atom. The molecule has 0 saturated heterocycles. The first-order valence-electron chi connectivity index (χ1n) is 7.63. The average Bonchev–Trinajstić information content (AvgIpc) is 2.83. The minimum absolute atomic E-state index is 0.0148. The van der Waals surface area contributed by atoms with Crippen LogP contribution in [0.2, 0.25) is 0 Å². The van der Waals surface area contributed by atoms with Crippen molar-refractivity contribution in [2.45, 2.75) is 33.6 Å². The van der Waals surface area contributed by atoms with Crippen molar-refractivity contribution in [1.82, 2.24) is 0 Å². The number of hydrogen-bond donors (Lipinski definition) is 2. The lowest BCUT2D eigenvalue weighted by Crippen LogP contribution is -2.14. The van der Waals surface area contributed by atoms with Crippen molar-refractivity contribution in [3.8, 4) is 0 Å². The van der Waals surface area contributed by atoms with Gasteiger partial charge in [0.2, 0.25) is 11.8 Å². The van der Waals surface area contributed by atoms with Crippen LogP contribution in [0.5, 0.6) is 0 Å². The highest BCUT2D eigenvalue weighted by Crippen LogP contribution is 2.22. The highest BCUT2D eigenvalue weighted by molar-refractivity contribution is 7.12. The predicted octanol–water partition coefficient (Wildman–Crippen LogP) is 3.92. The fourth-order valence-corrected chi connectivity index (χ4v) is 3.31. The number of anilines is 2. The minimum Gasteiger partial charge on any atom is -0.326 e. The normalized spacial score (nSPS) is 10.3. The molecule has 0 aliphatic carbocycles. The molecule has 0 unspecified atom stereocenters. The Morgan fingerprint density at radius 2 is 1.67 bits per heavy atom. The van der Waals surface area contributed by atoms with Crippen LogP contribution in [0.4, 0.5) is 11.4 Å². The van der Waals surface area contributed by atoms with Crippen molar-refractivity contribution in [2.75, 3.05) is 10.6 Å². The number of ketones is 1. The molecule has 0 aliphatic heterocycles. The van der Waals surface area contributed by atoms with E-state index in [-0.39, 0.29) is 30.4 Å². The maximum Gasteiger partial charge on any atom is 0.224 e. The number of thiophene rings is 1. The number of nitrogens with one attached hydrogen (secondary N) is 2. The summed E-state index contributed by atoms with van der Waals surface area (Å²) in [6, 6.07) is 8.76. The molecule has 0 aliphatic rings. The Bertz CT molecular complexity index is 780. The monoisotopic (exact) mass is 344 g/mol. The molecule has 0 atom stereocenters. The number of Topliss-reactive ketones (excluding diaryl/α,β-unsaturated/α-hetero) is 1. The summed E-state index contributed by atoms with van der Waals surface area (Å²) in [7, 11) is 0. The molecule has 6 heteroatoms. The van der Waals surface area contributed by atoms with Gasteiger partial charge in [-0.3, -0.25) is 14.4 Å². The molecule has 2 aromatic rings. The minimum atomic E-state index is -0.229. The highest BCUT2D eigenvalue weighted by atomic mass is 32.1. The molecular formula is C18H20N2O3S. The first-order chi connectivity index (χ1) is 11.3. The molecule has 5 nitrogen and oxygen atoms in total. The summed E-state index contributed by atoms with van der Waals surface area (Å²) in [4.78, 5) is 37.3. The molecule has 0 radical (unpaired) electrons. The second-order valence-electron chi connectivity index (χ2n) is 5.56. The van der Waals surface area contributed by atoms with E-state index >= 15 is 0 Å². The smallest absolute Gasteiger partial charge is 0.224 e. The SMILES string of the molecule is CC(=O)Nc1cccc(NC(=O)CCC(=O)c2cc(C)sc2C)c1. The average molecular weight is 344 g/mol. The van der Waals surface area contributed by atoms with E-state index in [0.29, 0.717) is 16.9 Å². The molecule has 24 heavy (non-hydrogen) atoms. The second kappa shape index (κ2) is 7.88. The van der Waals surface area contributed by atoms with Crippen molar-refractivity contribution >= 4 is 40.3 Å². The maximum absolute atomic E-state index is 12.2. The van der Waals surface area contributed by atoms with Gasteiger partial charge in [-0.25, -0.2) is 0 Å². The Balaban J connectivity index is 1.90. The van der Waals surface area contributed by atoms with Crippen LogP contribution < -0.4 is 10.6 Å². The van der Waals surface area contributed by atoms with Gasteiger partial charge in [0.1, 0.15) is 0 Å². The first-order valence-corrected chi connectivity index (χ1v) is 8.44. The fraction of sp³-hybridized carbons (Fsp3) is 0.278. The first kappa shape index (κ1) is 17.9. The second-order valence-corrected chi connectivity index (χ2v) is 7.02. The van der Waals surface area contributed by atoms with Crippen LogP contribution in [-0.2, 0) is 9.59 Å². The number of carbonyl (C=O) groups is 3. The predicted molar refractivity (Wildman–Crippen MR) is 96.7 cm³/mol. The van der Waals surface area contributed by atoms with Crippen molar-refractivity contribution in [3.05, 3.63) is 45.6 Å². The third-order valence-corrected chi connectivity index (χ3v) is 4.35. The quantitative estimate of drug-likeness (QED) is 0.780. The van der Waals surface area contributed by atoms with Gasteiger partial charge in [-0.05, 0) is 38.1 Å². The van der Waals surface area contributed by atoms with E-state index in [0.717, 1.165) is 9.75 Å². The molecule has 2 amide bonds. The Labute approximate surface area is 145 Å². The zero-order chi connectivity index (χ0) is 17.7. The Kier molecular flexibility index (Phi) is 5.87. The van der Waals surface area contributed by atoms with Crippen molar-refractivity contribution < 1.29 is 14.4 Å². The fourth-order valence-electron chi connectivity index (χ4n) is 2.37. The molecule has 2 N–H and O–H groups in total. The van der Waals surface area contributed by atoms with E-state index in [1.807, 2.05) is 19.9 Å². The topological polar surface area (TPSA) is 75.3 Å². The summed E-state index contributed by atoms with van der Waals surface area (Å²) in [6.45, 7) is 5.30. The van der Waals surface area contributed by atoms with Gasteiger partial charge in [0, 0.05) is 46.5 Å². The Hall–Kier alpha value is -2.47. The summed E-state index contributed by atoms with van der Waals surface area (Å²) in [5, 5.41) is 5.40. The van der Waals surface area contributed by atoms with Gasteiger partial charge in [0.05, 0.1) is 0 Å². The summed E-state index contributed by atoms with van der Waals surface area (Å²) in [6.07, 6.45) is 0.297. The molecule has 1 aromatic carbocycles. The summed E-state index contributed by atoms with van der Waals surface area (Å²) in [5.41, 5.74) is 1.90. The highest BCUT2D eigenvalue weighted by Gasteiger charge is 2.14. The van der Waals surface area contributed by atoms with Gasteiger partial charge < -0.3 is 10.6 Å². The standard InChI is InChI=1S/C18H20N2O3S/c1-11-9-16(12(2)24-11)17(22)7-8-18(23)20-15-6-4-5-14(10-15)19-13(3)21/h4-6,9-10H,7-8H2,1-3H3,(H,19,21)(H,20,23). The van der Waals surface area contributed by atoms with E-state index in [9.17, 15) is 14.4 Å². The van der Waals surface area contributed by atoms with Crippen LogP contribution in [0.1, 0.15) is 39.9 Å². The van der Waals surface area contributed by atoms with Gasteiger partial charge in [0.25, 0.3) is 0 Å². The van der Waals surface area contributed by atoms with E-state index in [4.69, 9.17) is 0 Å². The molecule has 0 fully saturated rings. The summed E-state index contributed by atoms with van der Waals surface area (Å²) in [5.74, 6) is -0.419. The van der Waals surface area contributed by atoms with Crippen LogP contribution >= 0.6 is 11.3 Å². The van der Waals surface area contributed by atoms with Crippen LogP contribution in [0.15, 0.2) is 30.3 Å².